The Balaban J connectivity index is 2.38. The first-order valence-electron chi connectivity index (χ1n) is 7.06. The zero-order valence-electron chi connectivity index (χ0n) is 12.4. The van der Waals surface area contributed by atoms with E-state index in [2.05, 4.69) is 42.3 Å². The van der Waals surface area contributed by atoms with Gasteiger partial charge in [-0.2, -0.15) is 0 Å². The van der Waals surface area contributed by atoms with Gasteiger partial charge < -0.3 is 10.4 Å². The summed E-state index contributed by atoms with van der Waals surface area (Å²) in [5.41, 5.74) is 5.19. The van der Waals surface area contributed by atoms with Crippen LogP contribution in [0.15, 0.2) is 36.7 Å². The van der Waals surface area contributed by atoms with E-state index in [9.17, 15) is 4.79 Å². The van der Waals surface area contributed by atoms with Crippen LogP contribution in [0.25, 0.3) is 11.1 Å². The Hall–Kier alpha value is -2.20. The molecule has 0 fully saturated rings. The van der Waals surface area contributed by atoms with Crippen molar-refractivity contribution < 1.29 is 9.90 Å². The van der Waals surface area contributed by atoms with Crippen LogP contribution < -0.4 is 5.32 Å². The molecule has 1 aromatic heterocycles. The maximum Gasteiger partial charge on any atom is 0.307 e. The quantitative estimate of drug-likeness (QED) is 0.856. The largest absolute Gasteiger partial charge is 0.481 e. The molecule has 2 N–H and O–H groups in total. The lowest BCUT2D eigenvalue weighted by Gasteiger charge is -2.12. The fourth-order valence-corrected chi connectivity index (χ4v) is 2.32. The molecule has 4 heteroatoms. The molecule has 21 heavy (non-hydrogen) atoms. The average molecular weight is 284 g/mol. The highest BCUT2D eigenvalue weighted by atomic mass is 16.4. The van der Waals surface area contributed by atoms with E-state index in [4.69, 9.17) is 5.11 Å². The fourth-order valence-electron chi connectivity index (χ4n) is 2.32. The van der Waals surface area contributed by atoms with Crippen LogP contribution in [-0.2, 0) is 17.8 Å². The number of hydrogen-bond acceptors (Lipinski definition) is 3. The van der Waals surface area contributed by atoms with Gasteiger partial charge in [-0.3, -0.25) is 9.78 Å². The number of carboxylic acid groups (broad SMARTS) is 1. The van der Waals surface area contributed by atoms with Gasteiger partial charge >= 0.3 is 5.97 Å². The number of carbonyl (C=O) groups is 1. The van der Waals surface area contributed by atoms with Crippen molar-refractivity contribution >= 4 is 5.97 Å². The lowest BCUT2D eigenvalue weighted by molar-refractivity contribution is -0.136. The first-order valence-corrected chi connectivity index (χ1v) is 7.06. The number of hydrogen-bond donors (Lipinski definition) is 2. The van der Waals surface area contributed by atoms with Gasteiger partial charge in [-0.05, 0) is 36.2 Å². The van der Waals surface area contributed by atoms with E-state index in [-0.39, 0.29) is 6.42 Å². The molecule has 0 unspecified atom stereocenters. The fraction of sp³-hybridized carbons (Fsp3) is 0.294. The number of nitrogens with one attached hydrogen (secondary N) is 1. The van der Waals surface area contributed by atoms with Crippen LogP contribution in [0.3, 0.4) is 0 Å². The lowest BCUT2D eigenvalue weighted by Crippen LogP contribution is -2.12. The maximum absolute atomic E-state index is 10.8. The molecule has 0 radical (unpaired) electrons. The first-order chi connectivity index (χ1) is 10.1. The van der Waals surface area contributed by atoms with E-state index in [0.717, 1.165) is 29.8 Å². The number of rotatable bonds is 6. The van der Waals surface area contributed by atoms with Gasteiger partial charge in [0.1, 0.15) is 0 Å². The lowest BCUT2D eigenvalue weighted by atomic mass is 9.97. The molecule has 0 bridgehead atoms. The predicted octanol–water partition coefficient (Wildman–Crippen LogP) is 2.79. The summed E-state index contributed by atoms with van der Waals surface area (Å²) in [4.78, 5) is 15.0. The maximum atomic E-state index is 10.8. The van der Waals surface area contributed by atoms with Gasteiger partial charge in [-0.25, -0.2) is 0 Å². The third-order valence-electron chi connectivity index (χ3n) is 3.29. The highest BCUT2D eigenvalue weighted by Crippen LogP contribution is 2.25. The van der Waals surface area contributed by atoms with E-state index in [0.29, 0.717) is 0 Å². The Kier molecular flexibility index (Phi) is 5.06. The highest BCUT2D eigenvalue weighted by Gasteiger charge is 2.08. The molecule has 0 saturated carbocycles. The Morgan fingerprint density at radius 2 is 2.10 bits per heavy atom. The molecule has 0 amide bonds. The summed E-state index contributed by atoms with van der Waals surface area (Å²) in [6.07, 6.45) is 3.39. The molecule has 2 aromatic rings. The number of aromatic nitrogens is 1. The summed E-state index contributed by atoms with van der Waals surface area (Å²) in [7, 11) is 0. The summed E-state index contributed by atoms with van der Waals surface area (Å²) in [5.74, 6) is -0.842. The molecule has 1 heterocycles. The third-order valence-corrected chi connectivity index (χ3v) is 3.29. The van der Waals surface area contributed by atoms with Gasteiger partial charge in [0.05, 0.1) is 6.42 Å². The Labute approximate surface area is 124 Å². The summed E-state index contributed by atoms with van der Waals surface area (Å²) in [6, 6.07) is 8.20. The van der Waals surface area contributed by atoms with Gasteiger partial charge in [0.15, 0.2) is 0 Å². The van der Waals surface area contributed by atoms with Crippen LogP contribution in [0.1, 0.15) is 23.6 Å². The summed E-state index contributed by atoms with van der Waals surface area (Å²) in [5, 5.41) is 12.2. The van der Waals surface area contributed by atoms with Crippen molar-refractivity contribution in [2.45, 2.75) is 26.8 Å². The van der Waals surface area contributed by atoms with Crippen molar-refractivity contribution in [3.63, 3.8) is 0 Å². The van der Waals surface area contributed by atoms with Crippen molar-refractivity contribution in [1.82, 2.24) is 10.3 Å². The monoisotopic (exact) mass is 284 g/mol. The minimum Gasteiger partial charge on any atom is -0.481 e. The molecule has 1 aromatic carbocycles. The zero-order valence-corrected chi connectivity index (χ0v) is 12.4. The van der Waals surface area contributed by atoms with E-state index in [1.54, 1.807) is 12.4 Å². The van der Waals surface area contributed by atoms with Gasteiger partial charge in [0.2, 0.25) is 0 Å². The number of aryl methyl sites for hydroxylation is 1. The summed E-state index contributed by atoms with van der Waals surface area (Å²) < 4.78 is 0. The van der Waals surface area contributed by atoms with Gasteiger partial charge in [-0.1, -0.05) is 30.7 Å². The molecule has 0 atom stereocenters. The number of carboxylic acids is 1. The SMILES string of the molecule is CCNCc1cc(C)ccc1-c1cncc(CC(=O)O)c1. The minimum atomic E-state index is -0.842. The molecule has 4 nitrogen and oxygen atoms in total. The van der Waals surface area contributed by atoms with E-state index < -0.39 is 5.97 Å². The van der Waals surface area contributed by atoms with E-state index >= 15 is 0 Å². The van der Waals surface area contributed by atoms with E-state index in [1.165, 1.54) is 11.1 Å². The number of pyridine rings is 1. The van der Waals surface area contributed by atoms with Gasteiger partial charge in [-0.15, -0.1) is 0 Å². The zero-order chi connectivity index (χ0) is 15.2. The van der Waals surface area contributed by atoms with Crippen LogP contribution in [0.2, 0.25) is 0 Å². The molecule has 110 valence electrons. The Bertz CT molecular complexity index is 638. The highest BCUT2D eigenvalue weighted by molar-refractivity contribution is 5.72. The average Bonchev–Trinajstić information content (AvgIpc) is 2.44. The molecule has 0 aliphatic carbocycles. The van der Waals surface area contributed by atoms with Gasteiger partial charge in [0, 0.05) is 24.5 Å². The topological polar surface area (TPSA) is 62.2 Å². The number of aliphatic carboxylic acids is 1. The van der Waals surface area contributed by atoms with Crippen LogP contribution in [0, 0.1) is 6.92 Å². The second-order valence-corrected chi connectivity index (χ2v) is 5.09. The van der Waals surface area contributed by atoms with Crippen molar-refractivity contribution in [3.05, 3.63) is 53.3 Å². The normalized spacial score (nSPS) is 10.6. The molecule has 0 spiro atoms. The molecule has 2 rings (SSSR count). The Morgan fingerprint density at radius 3 is 2.81 bits per heavy atom. The first kappa shape index (κ1) is 15.2. The molecule has 0 aliphatic heterocycles. The molecule has 0 saturated heterocycles. The number of nitrogens with zero attached hydrogens (tertiary/aromatic N) is 1. The van der Waals surface area contributed by atoms with Gasteiger partial charge in [0.25, 0.3) is 0 Å². The Morgan fingerprint density at radius 1 is 1.29 bits per heavy atom. The molecular formula is C17H20N2O2. The minimum absolute atomic E-state index is 0.00472. The standard InChI is InChI=1S/C17H20N2O2/c1-3-18-10-14-6-12(2)4-5-16(14)15-7-13(8-17(20)21)9-19-11-15/h4-7,9,11,18H,3,8,10H2,1-2H3,(H,20,21). The van der Waals surface area contributed by atoms with Crippen LogP contribution >= 0.6 is 0 Å². The third kappa shape index (κ3) is 4.13. The molecule has 0 aliphatic rings. The van der Waals surface area contributed by atoms with Crippen molar-refractivity contribution in [2.24, 2.45) is 0 Å². The smallest absolute Gasteiger partial charge is 0.307 e. The van der Waals surface area contributed by atoms with E-state index in [1.807, 2.05) is 6.07 Å². The predicted molar refractivity (Wildman–Crippen MR) is 83.1 cm³/mol. The van der Waals surface area contributed by atoms with Crippen LogP contribution in [0.5, 0.6) is 0 Å². The summed E-state index contributed by atoms with van der Waals surface area (Å²) >= 11 is 0. The second-order valence-electron chi connectivity index (χ2n) is 5.09. The van der Waals surface area contributed by atoms with Crippen molar-refractivity contribution in [1.29, 1.82) is 0 Å². The van der Waals surface area contributed by atoms with Crippen LogP contribution in [0.4, 0.5) is 0 Å². The summed E-state index contributed by atoms with van der Waals surface area (Å²) in [6.45, 7) is 5.84. The van der Waals surface area contributed by atoms with Crippen LogP contribution in [-0.4, -0.2) is 22.6 Å². The molecular weight excluding hydrogens is 264 g/mol. The van der Waals surface area contributed by atoms with Crippen molar-refractivity contribution in [2.75, 3.05) is 6.54 Å². The number of benzene rings is 1. The van der Waals surface area contributed by atoms with Crippen molar-refractivity contribution in [3.8, 4) is 11.1 Å². The second kappa shape index (κ2) is 6.99.